The molecule has 28 heavy (non-hydrogen) atoms. The zero-order chi connectivity index (χ0) is 20.7. The van der Waals surface area contributed by atoms with E-state index in [0.717, 1.165) is 0 Å². The second kappa shape index (κ2) is 9.58. The van der Waals surface area contributed by atoms with Crippen LogP contribution in [0.3, 0.4) is 0 Å². The van der Waals surface area contributed by atoms with Crippen LogP contribution in [0, 0.1) is 11.3 Å². The van der Waals surface area contributed by atoms with E-state index < -0.39 is 11.9 Å². The highest BCUT2D eigenvalue weighted by molar-refractivity contribution is 9.10. The monoisotopic (exact) mass is 444 g/mol. The highest BCUT2D eigenvalue weighted by Gasteiger charge is 2.17. The minimum atomic E-state index is -0.662. The summed E-state index contributed by atoms with van der Waals surface area (Å²) in [4.78, 5) is 24.4. The number of halogens is 1. The Hall–Kier alpha value is -3.31. The number of nitrogens with zero attached hydrogens (tertiary/aromatic N) is 1. The third-order valence-corrected chi connectivity index (χ3v) is 4.30. The summed E-state index contributed by atoms with van der Waals surface area (Å²) < 4.78 is 15.8. The van der Waals surface area contributed by atoms with Gasteiger partial charge in [0.05, 0.1) is 37.1 Å². The molecule has 0 aliphatic heterocycles. The third kappa shape index (κ3) is 4.69. The molecule has 0 fully saturated rings. The van der Waals surface area contributed by atoms with Crippen LogP contribution < -0.4 is 14.8 Å². The fourth-order valence-electron chi connectivity index (χ4n) is 2.41. The molecule has 0 saturated carbocycles. The molecule has 0 radical (unpaired) electrons. The number of carbonyl (C=O) groups excluding carboxylic acids is 2. The molecule has 0 aliphatic carbocycles. The van der Waals surface area contributed by atoms with E-state index in [-0.39, 0.29) is 16.8 Å². The van der Waals surface area contributed by atoms with Gasteiger partial charge in [0.15, 0.2) is 11.5 Å². The van der Waals surface area contributed by atoms with Gasteiger partial charge in [-0.15, -0.1) is 0 Å². The number of ether oxygens (including phenoxy) is 3. The summed E-state index contributed by atoms with van der Waals surface area (Å²) in [7, 11) is 4.24. The van der Waals surface area contributed by atoms with Crippen LogP contribution in [-0.4, -0.2) is 33.2 Å². The molecule has 0 saturated heterocycles. The second-order valence-electron chi connectivity index (χ2n) is 5.40. The Morgan fingerprint density at radius 2 is 1.86 bits per heavy atom. The van der Waals surface area contributed by atoms with Gasteiger partial charge in [0, 0.05) is 0 Å². The molecule has 1 N–H and O–H groups in total. The van der Waals surface area contributed by atoms with Crippen molar-refractivity contribution in [1.82, 2.24) is 0 Å². The van der Waals surface area contributed by atoms with Gasteiger partial charge in [-0.3, -0.25) is 4.79 Å². The predicted octanol–water partition coefficient (Wildman–Crippen LogP) is 3.80. The summed E-state index contributed by atoms with van der Waals surface area (Å²) >= 11 is 3.37. The van der Waals surface area contributed by atoms with Crippen LogP contribution in [0.15, 0.2) is 46.4 Å². The van der Waals surface area contributed by atoms with Crippen molar-refractivity contribution in [2.24, 2.45) is 0 Å². The Bertz CT molecular complexity index is 979. The van der Waals surface area contributed by atoms with E-state index in [9.17, 15) is 14.9 Å². The predicted molar refractivity (Wildman–Crippen MR) is 107 cm³/mol. The van der Waals surface area contributed by atoms with E-state index in [1.165, 1.54) is 33.5 Å². The number of nitriles is 1. The Labute approximate surface area is 170 Å². The summed E-state index contributed by atoms with van der Waals surface area (Å²) in [6, 6.07) is 11.6. The summed E-state index contributed by atoms with van der Waals surface area (Å²) in [6.45, 7) is 0. The number of amides is 1. The fraction of sp³-hybridized carbons (Fsp3) is 0.150. The molecule has 0 bridgehead atoms. The molecule has 0 aromatic heterocycles. The Morgan fingerprint density at radius 1 is 1.14 bits per heavy atom. The molecule has 0 unspecified atom stereocenters. The van der Waals surface area contributed by atoms with Gasteiger partial charge < -0.3 is 19.5 Å². The van der Waals surface area contributed by atoms with Crippen LogP contribution in [0.4, 0.5) is 5.69 Å². The Kier molecular flexibility index (Phi) is 7.18. The van der Waals surface area contributed by atoms with Gasteiger partial charge in [0.25, 0.3) is 5.91 Å². The first-order valence-electron chi connectivity index (χ1n) is 7.97. The summed E-state index contributed by atoms with van der Waals surface area (Å²) in [5.74, 6) is -0.321. The lowest BCUT2D eigenvalue weighted by Gasteiger charge is -2.11. The van der Waals surface area contributed by atoms with Crippen molar-refractivity contribution in [1.29, 1.82) is 5.26 Å². The number of methoxy groups -OCH3 is 3. The van der Waals surface area contributed by atoms with E-state index in [1.807, 2.05) is 6.07 Å². The van der Waals surface area contributed by atoms with Crippen molar-refractivity contribution >= 4 is 39.6 Å². The molecule has 144 valence electrons. The fourth-order valence-corrected chi connectivity index (χ4v) is 3.03. The molecule has 0 heterocycles. The third-order valence-electron chi connectivity index (χ3n) is 3.71. The number of hydrogen-bond acceptors (Lipinski definition) is 6. The number of anilines is 1. The number of hydrogen-bond donors (Lipinski definition) is 1. The molecule has 7 nitrogen and oxygen atoms in total. The minimum Gasteiger partial charge on any atom is -0.493 e. The lowest BCUT2D eigenvalue weighted by molar-refractivity contribution is -0.112. The molecular formula is C20H17BrN2O5. The summed E-state index contributed by atoms with van der Waals surface area (Å²) in [6.07, 6.45) is 1.41. The van der Waals surface area contributed by atoms with E-state index in [0.29, 0.717) is 21.5 Å². The SMILES string of the molecule is COC(=O)c1ccccc1NC(=O)C(C#N)=Cc1cc(Br)c(OC)c(OC)c1. The van der Waals surface area contributed by atoms with Gasteiger partial charge in [0.2, 0.25) is 0 Å². The number of para-hydroxylation sites is 1. The van der Waals surface area contributed by atoms with Crippen molar-refractivity contribution in [3.63, 3.8) is 0 Å². The number of rotatable bonds is 6. The maximum atomic E-state index is 12.6. The van der Waals surface area contributed by atoms with E-state index in [2.05, 4.69) is 21.2 Å². The highest BCUT2D eigenvalue weighted by Crippen LogP contribution is 2.36. The lowest BCUT2D eigenvalue weighted by atomic mass is 10.1. The van der Waals surface area contributed by atoms with Gasteiger partial charge in [-0.2, -0.15) is 5.26 Å². The number of nitrogens with one attached hydrogen (secondary N) is 1. The molecule has 8 heteroatoms. The number of esters is 1. The molecule has 0 spiro atoms. The summed E-state index contributed by atoms with van der Waals surface area (Å²) in [5.41, 5.74) is 0.828. The molecule has 2 aromatic carbocycles. The van der Waals surface area contributed by atoms with Crippen molar-refractivity contribution in [3.05, 3.63) is 57.6 Å². The topological polar surface area (TPSA) is 97.7 Å². The van der Waals surface area contributed by atoms with Crippen molar-refractivity contribution in [3.8, 4) is 17.6 Å². The second-order valence-corrected chi connectivity index (χ2v) is 6.25. The normalized spacial score (nSPS) is 10.6. The Morgan fingerprint density at radius 3 is 2.46 bits per heavy atom. The number of benzene rings is 2. The van der Waals surface area contributed by atoms with E-state index in [4.69, 9.17) is 14.2 Å². The zero-order valence-corrected chi connectivity index (χ0v) is 17.0. The van der Waals surface area contributed by atoms with Crippen molar-refractivity contribution in [2.45, 2.75) is 0 Å². The molecule has 2 rings (SSSR count). The zero-order valence-electron chi connectivity index (χ0n) is 15.4. The maximum Gasteiger partial charge on any atom is 0.339 e. The molecule has 0 atom stereocenters. The quantitative estimate of drug-likeness (QED) is 0.413. The average Bonchev–Trinajstić information content (AvgIpc) is 2.71. The van der Waals surface area contributed by atoms with Crippen LogP contribution in [0.25, 0.3) is 6.08 Å². The first-order chi connectivity index (χ1) is 13.4. The standard InChI is InChI=1S/C20H17BrN2O5/c1-26-17-10-12(9-15(21)18(17)27-2)8-13(11-22)19(24)23-16-7-5-4-6-14(16)20(25)28-3/h4-10H,1-3H3,(H,23,24). The summed E-state index contributed by atoms with van der Waals surface area (Å²) in [5, 5.41) is 12.0. The van der Waals surface area contributed by atoms with Crippen molar-refractivity contribution in [2.75, 3.05) is 26.6 Å². The maximum absolute atomic E-state index is 12.6. The molecule has 2 aromatic rings. The van der Waals surface area contributed by atoms with Crippen LogP contribution in [0.1, 0.15) is 15.9 Å². The van der Waals surface area contributed by atoms with Crippen LogP contribution in [0.5, 0.6) is 11.5 Å². The van der Waals surface area contributed by atoms with Gasteiger partial charge >= 0.3 is 5.97 Å². The first-order valence-corrected chi connectivity index (χ1v) is 8.76. The molecular weight excluding hydrogens is 428 g/mol. The van der Waals surface area contributed by atoms with E-state index >= 15 is 0 Å². The van der Waals surface area contributed by atoms with Crippen molar-refractivity contribution < 1.29 is 23.8 Å². The number of carbonyl (C=O) groups is 2. The Balaban J connectivity index is 2.37. The largest absolute Gasteiger partial charge is 0.493 e. The van der Waals surface area contributed by atoms with Gasteiger partial charge in [-0.05, 0) is 51.8 Å². The highest BCUT2D eigenvalue weighted by atomic mass is 79.9. The average molecular weight is 445 g/mol. The minimum absolute atomic E-state index is 0.154. The van der Waals surface area contributed by atoms with Gasteiger partial charge in [-0.1, -0.05) is 12.1 Å². The van der Waals surface area contributed by atoms with Crippen LogP contribution >= 0.6 is 15.9 Å². The van der Waals surface area contributed by atoms with Gasteiger partial charge in [0.1, 0.15) is 11.6 Å². The molecule has 0 aliphatic rings. The van der Waals surface area contributed by atoms with Crippen LogP contribution in [0.2, 0.25) is 0 Å². The van der Waals surface area contributed by atoms with Crippen LogP contribution in [-0.2, 0) is 9.53 Å². The molecule has 1 amide bonds. The first kappa shape index (κ1) is 21.0. The smallest absolute Gasteiger partial charge is 0.339 e. The lowest BCUT2D eigenvalue weighted by Crippen LogP contribution is -2.16. The van der Waals surface area contributed by atoms with Gasteiger partial charge in [-0.25, -0.2) is 4.79 Å². The van der Waals surface area contributed by atoms with E-state index in [1.54, 1.807) is 30.3 Å².